The highest BCUT2D eigenvalue weighted by molar-refractivity contribution is 7.80. The van der Waals surface area contributed by atoms with Crippen molar-refractivity contribution in [1.29, 1.82) is 0 Å². The highest BCUT2D eigenvalue weighted by atomic mass is 32.1. The van der Waals surface area contributed by atoms with Gasteiger partial charge >= 0.3 is 11.9 Å². The van der Waals surface area contributed by atoms with Crippen molar-refractivity contribution in [1.82, 2.24) is 72.6 Å². The Balaban J connectivity index is 1.15. The van der Waals surface area contributed by atoms with Crippen molar-refractivity contribution >= 4 is 136 Å². The van der Waals surface area contributed by atoms with Gasteiger partial charge in [0.1, 0.15) is 66.5 Å². The van der Waals surface area contributed by atoms with Gasteiger partial charge in [0.15, 0.2) is 5.96 Å². The van der Waals surface area contributed by atoms with Gasteiger partial charge in [0.05, 0.1) is 12.7 Å². The number of carbonyl (C=O) groups is 14. The molecule has 21 N–H and O–H groups in total. The zero-order valence-corrected chi connectivity index (χ0v) is 60.2. The van der Waals surface area contributed by atoms with Crippen LogP contribution in [0.3, 0.4) is 0 Å². The molecule has 2 saturated heterocycles. The van der Waals surface area contributed by atoms with E-state index in [1.54, 1.807) is 54.7 Å². The number of unbranched alkanes of at least 4 members (excludes halogenated alkanes) is 1. The standard InChI is InChI=1S/C69H93N19O16S2/c1-37(89)78-52(34-105)65(101)80-47(21-22-56(90)91)61(97)85-51(30-42-33-74-36-77-42)64(100)83-49(28-38-19-20-39-11-2-3-12-40(39)27-38)62(98)79-46(16-8-24-75-69(72)73)60(96)84-50(29-41-32-76-44-14-5-4-13-43(41)44)63(99)86-53(35-106)67(103)88-26-10-18-55(88)68(104)87-25-9-17-54(87)66(102)81-45(15-6-7-23-70)59(95)82-48(58(71)94)31-57(92)93/h2-5,11-14,19-20,27,32-33,36,45-55,76,105-106H,6-10,15-18,21-26,28-31,34-35,70H2,1H3,(H2,71,94)(H,74,77)(H,78,89)(H,79,98)(H,80,101)(H,81,102)(H,82,95)(H,83,100)(H,84,96)(H,85,97)(H,86,99)(H,90,91)(H,92,93)(H4,72,73,75)/t45-,46-,47-,48-,49+,50-,51-,52-,53+,54-,55-/m0/s1. The number of benzene rings is 3. The number of carboxylic acids is 2. The number of amides is 12. The number of H-pyrrole nitrogens is 2. The van der Waals surface area contributed by atoms with Crippen LogP contribution < -0.4 is 70.8 Å². The van der Waals surface area contributed by atoms with E-state index in [0.29, 0.717) is 53.4 Å². The van der Waals surface area contributed by atoms with Gasteiger partial charge in [0.2, 0.25) is 70.9 Å². The Morgan fingerprint density at radius 2 is 1.12 bits per heavy atom. The molecule has 572 valence electrons. The van der Waals surface area contributed by atoms with Gasteiger partial charge in [-0.3, -0.25) is 72.1 Å². The molecular formula is C69H93N19O16S2. The number of nitrogens with zero attached hydrogens (tertiary/aromatic N) is 4. The van der Waals surface area contributed by atoms with E-state index in [4.69, 9.17) is 22.9 Å². The molecule has 2 aliphatic heterocycles. The third kappa shape index (κ3) is 24.1. The van der Waals surface area contributed by atoms with Gasteiger partial charge in [-0.1, -0.05) is 60.7 Å². The van der Waals surface area contributed by atoms with Crippen molar-refractivity contribution in [3.63, 3.8) is 0 Å². The Kier molecular flexibility index (Phi) is 31.5. The van der Waals surface area contributed by atoms with Crippen molar-refractivity contribution in [2.75, 3.05) is 37.7 Å². The predicted octanol–water partition coefficient (Wildman–Crippen LogP) is -2.70. The number of imidazole rings is 1. The van der Waals surface area contributed by atoms with E-state index >= 15 is 14.4 Å². The third-order valence-corrected chi connectivity index (χ3v) is 18.8. The number of hydrogen-bond donors (Lipinski definition) is 19. The molecule has 3 aromatic carbocycles. The maximum Gasteiger partial charge on any atom is 0.305 e. The van der Waals surface area contributed by atoms with Crippen LogP contribution in [0.1, 0.15) is 101 Å². The number of thiol groups is 2. The van der Waals surface area contributed by atoms with Crippen molar-refractivity contribution in [3.05, 3.63) is 102 Å². The number of aliphatic carboxylic acids is 2. The van der Waals surface area contributed by atoms with E-state index in [-0.39, 0.29) is 95.0 Å². The first kappa shape index (κ1) is 82.5. The molecule has 7 rings (SSSR count). The molecule has 0 spiro atoms. The maximum absolute atomic E-state index is 15.3. The molecule has 35 nitrogen and oxygen atoms in total. The first-order valence-electron chi connectivity index (χ1n) is 34.7. The molecular weight excluding hydrogens is 1420 g/mol. The Bertz CT molecular complexity index is 4010. The number of aromatic amines is 2. The molecule has 0 saturated carbocycles. The third-order valence-electron chi connectivity index (χ3n) is 18.0. The molecule has 2 aromatic heterocycles. The molecule has 0 bridgehead atoms. The minimum Gasteiger partial charge on any atom is -0.481 e. The number of carbonyl (C=O) groups excluding carboxylic acids is 12. The second kappa shape index (κ2) is 40.5. The van der Waals surface area contributed by atoms with Crippen molar-refractivity contribution < 1.29 is 77.3 Å². The normalized spacial score (nSPS) is 16.6. The average molecular weight is 1510 g/mol. The summed E-state index contributed by atoms with van der Waals surface area (Å²) in [4.78, 5) is 210. The summed E-state index contributed by atoms with van der Waals surface area (Å²) < 4.78 is 0. The Morgan fingerprint density at radius 1 is 0.575 bits per heavy atom. The van der Waals surface area contributed by atoms with Crippen LogP contribution in [0, 0.1) is 0 Å². The Hall–Kier alpha value is -10.8. The minimum absolute atomic E-state index is 0.0349. The van der Waals surface area contributed by atoms with Crippen molar-refractivity contribution in [2.24, 2.45) is 27.9 Å². The van der Waals surface area contributed by atoms with E-state index < -0.39 is 169 Å². The highest BCUT2D eigenvalue weighted by Crippen LogP contribution is 2.27. The summed E-state index contributed by atoms with van der Waals surface area (Å²) in [5.74, 6) is -13.8. The molecule has 0 aliphatic carbocycles. The fourth-order valence-electron chi connectivity index (χ4n) is 12.6. The molecule has 2 aliphatic rings. The van der Waals surface area contributed by atoms with Crippen LogP contribution in [-0.2, 0) is 86.4 Å². The number of fused-ring (bicyclic) bond motifs is 2. The van der Waals surface area contributed by atoms with Crippen LogP contribution in [0.5, 0.6) is 0 Å². The molecule has 5 aromatic rings. The summed E-state index contributed by atoms with van der Waals surface area (Å²) in [6, 6.07) is 4.17. The number of aromatic nitrogens is 3. The Labute approximate surface area is 620 Å². The lowest BCUT2D eigenvalue weighted by molar-refractivity contribution is -0.148. The fourth-order valence-corrected chi connectivity index (χ4v) is 13.1. The lowest BCUT2D eigenvalue weighted by Gasteiger charge is -2.33. The van der Waals surface area contributed by atoms with E-state index in [0.717, 1.165) is 17.7 Å². The fraction of sp³-hybridized carbons (Fsp3) is 0.478. The molecule has 12 amide bonds. The lowest BCUT2D eigenvalue weighted by atomic mass is 9.99. The summed E-state index contributed by atoms with van der Waals surface area (Å²) in [5, 5.41) is 44.7. The number of likely N-dealkylation sites (tertiary alicyclic amines) is 2. The number of primary amides is 1. The first-order chi connectivity index (χ1) is 50.7. The smallest absolute Gasteiger partial charge is 0.305 e. The van der Waals surface area contributed by atoms with Gasteiger partial charge in [-0.25, -0.2) is 4.98 Å². The van der Waals surface area contributed by atoms with Crippen LogP contribution in [0.4, 0.5) is 0 Å². The van der Waals surface area contributed by atoms with Gasteiger partial charge in [-0.2, -0.15) is 25.3 Å². The molecule has 0 radical (unpaired) electrons. The second-order valence-corrected chi connectivity index (χ2v) is 26.6. The van der Waals surface area contributed by atoms with Crippen LogP contribution in [0.2, 0.25) is 0 Å². The number of nitrogens with one attached hydrogen (secondary N) is 11. The number of carboxylic acid groups (broad SMARTS) is 2. The largest absolute Gasteiger partial charge is 0.481 e. The number of aliphatic imine (C=N–C) groups is 1. The summed E-state index contributed by atoms with van der Waals surface area (Å²) in [6.45, 7) is 1.51. The van der Waals surface area contributed by atoms with E-state index in [1.165, 1.54) is 22.3 Å². The topological polar surface area (TPSA) is 555 Å². The van der Waals surface area contributed by atoms with Crippen LogP contribution in [0.25, 0.3) is 21.7 Å². The first-order valence-corrected chi connectivity index (χ1v) is 36.0. The summed E-state index contributed by atoms with van der Waals surface area (Å²) in [7, 11) is 0. The van der Waals surface area contributed by atoms with E-state index in [1.807, 2.05) is 18.2 Å². The maximum atomic E-state index is 15.3. The molecule has 106 heavy (non-hydrogen) atoms. The zero-order chi connectivity index (χ0) is 77.1. The van der Waals surface area contributed by atoms with E-state index in [2.05, 4.69) is 93.1 Å². The summed E-state index contributed by atoms with van der Waals surface area (Å²) in [5.41, 5.74) is 24.5. The number of para-hydroxylation sites is 1. The van der Waals surface area contributed by atoms with Gasteiger partial charge in [-0.05, 0) is 98.7 Å². The number of hydrogen-bond acceptors (Lipinski definition) is 19. The number of nitrogens with two attached hydrogens (primary N) is 4. The van der Waals surface area contributed by atoms with E-state index in [9.17, 15) is 63.0 Å². The lowest BCUT2D eigenvalue weighted by Crippen LogP contribution is -2.61. The quantitative estimate of drug-likeness (QED) is 0.00820. The summed E-state index contributed by atoms with van der Waals surface area (Å²) >= 11 is 8.63. The van der Waals surface area contributed by atoms with Crippen LogP contribution in [0.15, 0.2) is 90.4 Å². The summed E-state index contributed by atoms with van der Waals surface area (Å²) in [6.07, 6.45) is 3.38. The second-order valence-electron chi connectivity index (χ2n) is 25.9. The molecule has 2 fully saturated rings. The highest BCUT2D eigenvalue weighted by Gasteiger charge is 2.45. The van der Waals surface area contributed by atoms with Gasteiger partial charge in [0, 0.05) is 92.7 Å². The molecule has 37 heteroatoms. The molecule has 4 heterocycles. The molecule has 11 atom stereocenters. The SMILES string of the molecule is CC(=O)N[C@@H](CS)C(=O)N[C@@H](CCC(=O)O)C(=O)N[C@@H](Cc1cnc[nH]1)C(=O)N[C@H](Cc1ccc2ccccc2c1)C(=O)N[C@@H](CCCN=C(N)N)C(=O)N[C@@H](Cc1c[nH]c2ccccc12)C(=O)N[C@H](CS)C(=O)N1CCC[C@H]1C(=O)N1CCC[C@H]1C(=O)N[C@@H](CCCCN)C(=O)N[C@@H](CC(=O)O)C(N)=O. The monoisotopic (exact) mass is 1510 g/mol. The van der Waals surface area contributed by atoms with Crippen molar-refractivity contribution in [3.8, 4) is 0 Å². The minimum atomic E-state index is -1.59. The van der Waals surface area contributed by atoms with Crippen LogP contribution in [-0.4, -0.2) is 228 Å². The van der Waals surface area contributed by atoms with Gasteiger partial charge in [-0.15, -0.1) is 0 Å². The van der Waals surface area contributed by atoms with Gasteiger partial charge < -0.3 is 101 Å². The van der Waals surface area contributed by atoms with Crippen LogP contribution >= 0.6 is 25.3 Å². The number of guanidine groups is 1. The Morgan fingerprint density at radius 3 is 1.73 bits per heavy atom. The van der Waals surface area contributed by atoms with Crippen molar-refractivity contribution in [2.45, 2.75) is 170 Å². The predicted molar refractivity (Wildman–Crippen MR) is 393 cm³/mol. The molecule has 0 unspecified atom stereocenters. The average Bonchev–Trinajstić information content (AvgIpc) is 1.62. The van der Waals surface area contributed by atoms with Gasteiger partial charge in [0.25, 0.3) is 0 Å². The number of rotatable bonds is 41. The zero-order valence-electron chi connectivity index (χ0n) is 58.4.